The number of nitrogens with zero attached hydrogens (tertiary/aromatic N) is 1. The molecule has 0 aliphatic rings. The molecule has 0 saturated carbocycles. The first-order valence-electron chi connectivity index (χ1n) is 7.47. The molecule has 0 unspecified atom stereocenters. The third-order valence-electron chi connectivity index (χ3n) is 4.00. The van der Waals surface area contributed by atoms with Crippen molar-refractivity contribution in [3.63, 3.8) is 0 Å². The van der Waals surface area contributed by atoms with E-state index in [0.717, 1.165) is 22.3 Å². The van der Waals surface area contributed by atoms with Gasteiger partial charge < -0.3 is 4.98 Å². The third kappa shape index (κ3) is 2.43. The van der Waals surface area contributed by atoms with Crippen LogP contribution in [-0.2, 0) is 0 Å². The molecule has 2 aromatic carbocycles. The van der Waals surface area contributed by atoms with Gasteiger partial charge in [-0.15, -0.1) is 11.3 Å². The van der Waals surface area contributed by atoms with Crippen molar-refractivity contribution in [2.24, 2.45) is 0 Å². The molecule has 3 nitrogen and oxygen atoms in total. The molecule has 0 amide bonds. The number of H-pyrrole nitrogens is 1. The minimum atomic E-state index is -0.299. The SMILES string of the molecule is Cc1ccccc1-c1nc2scc(-c3ccc(F)cc3)c2c(=O)[nH]1. The smallest absolute Gasteiger partial charge is 0.260 e. The summed E-state index contributed by atoms with van der Waals surface area (Å²) in [6, 6.07) is 13.9. The fraction of sp³-hybridized carbons (Fsp3) is 0.0526. The van der Waals surface area contributed by atoms with Gasteiger partial charge in [-0.05, 0) is 30.2 Å². The Kier molecular flexibility index (Phi) is 3.50. The van der Waals surface area contributed by atoms with E-state index in [-0.39, 0.29) is 11.4 Å². The summed E-state index contributed by atoms with van der Waals surface area (Å²) in [5.41, 5.74) is 3.36. The van der Waals surface area contributed by atoms with Crippen LogP contribution in [-0.4, -0.2) is 9.97 Å². The number of aryl methyl sites for hydroxylation is 1. The Balaban J connectivity index is 1.92. The number of aromatic nitrogens is 2. The zero-order chi connectivity index (χ0) is 16.7. The van der Waals surface area contributed by atoms with Gasteiger partial charge in [0.25, 0.3) is 5.56 Å². The van der Waals surface area contributed by atoms with E-state index in [0.29, 0.717) is 16.0 Å². The molecule has 0 radical (unpaired) electrons. The van der Waals surface area contributed by atoms with Crippen molar-refractivity contribution < 1.29 is 4.39 Å². The van der Waals surface area contributed by atoms with E-state index < -0.39 is 0 Å². The average molecular weight is 336 g/mol. The van der Waals surface area contributed by atoms with Gasteiger partial charge >= 0.3 is 0 Å². The summed E-state index contributed by atoms with van der Waals surface area (Å²) >= 11 is 1.42. The Bertz CT molecular complexity index is 1100. The summed E-state index contributed by atoms with van der Waals surface area (Å²) in [5, 5.41) is 2.44. The lowest BCUT2D eigenvalue weighted by atomic mass is 10.1. The lowest BCUT2D eigenvalue weighted by Gasteiger charge is -2.05. The average Bonchev–Trinajstić information content (AvgIpc) is 3.00. The number of rotatable bonds is 2. The van der Waals surface area contributed by atoms with E-state index in [1.165, 1.54) is 23.5 Å². The predicted octanol–water partition coefficient (Wildman–Crippen LogP) is 4.77. The van der Waals surface area contributed by atoms with Gasteiger partial charge in [-0.1, -0.05) is 36.4 Å². The molecule has 4 rings (SSSR count). The van der Waals surface area contributed by atoms with Gasteiger partial charge in [0.15, 0.2) is 0 Å². The van der Waals surface area contributed by atoms with Crippen LogP contribution in [0.25, 0.3) is 32.7 Å². The van der Waals surface area contributed by atoms with Gasteiger partial charge in [0.1, 0.15) is 16.5 Å². The van der Waals surface area contributed by atoms with Crippen molar-refractivity contribution in [2.45, 2.75) is 6.92 Å². The number of benzene rings is 2. The molecule has 118 valence electrons. The maximum absolute atomic E-state index is 13.1. The van der Waals surface area contributed by atoms with E-state index in [2.05, 4.69) is 9.97 Å². The largest absolute Gasteiger partial charge is 0.306 e. The molecule has 24 heavy (non-hydrogen) atoms. The van der Waals surface area contributed by atoms with Crippen LogP contribution in [0.2, 0.25) is 0 Å². The minimum Gasteiger partial charge on any atom is -0.306 e. The van der Waals surface area contributed by atoms with E-state index in [9.17, 15) is 9.18 Å². The molecule has 0 saturated heterocycles. The second-order valence-corrected chi connectivity index (χ2v) is 6.42. The topological polar surface area (TPSA) is 45.8 Å². The predicted molar refractivity (Wildman–Crippen MR) is 95.8 cm³/mol. The zero-order valence-corrected chi connectivity index (χ0v) is 13.7. The summed E-state index contributed by atoms with van der Waals surface area (Å²) < 4.78 is 13.1. The van der Waals surface area contributed by atoms with Gasteiger partial charge in [-0.3, -0.25) is 4.79 Å². The van der Waals surface area contributed by atoms with Crippen LogP contribution in [0.1, 0.15) is 5.56 Å². The molecule has 0 fully saturated rings. The molecule has 2 aromatic heterocycles. The normalized spacial score (nSPS) is 11.1. The Morgan fingerprint density at radius 3 is 2.54 bits per heavy atom. The Morgan fingerprint density at radius 1 is 1.04 bits per heavy atom. The van der Waals surface area contributed by atoms with E-state index >= 15 is 0 Å². The zero-order valence-electron chi connectivity index (χ0n) is 12.8. The maximum Gasteiger partial charge on any atom is 0.260 e. The highest BCUT2D eigenvalue weighted by atomic mass is 32.1. The summed E-state index contributed by atoms with van der Waals surface area (Å²) in [6.07, 6.45) is 0. The second-order valence-electron chi connectivity index (χ2n) is 5.57. The number of hydrogen-bond acceptors (Lipinski definition) is 3. The van der Waals surface area contributed by atoms with E-state index in [1.54, 1.807) is 12.1 Å². The highest BCUT2D eigenvalue weighted by molar-refractivity contribution is 7.17. The minimum absolute atomic E-state index is 0.182. The van der Waals surface area contributed by atoms with Gasteiger partial charge in [0.2, 0.25) is 0 Å². The van der Waals surface area contributed by atoms with Crippen molar-refractivity contribution >= 4 is 21.6 Å². The standard InChI is InChI=1S/C19H13FN2OS/c1-11-4-2-3-5-14(11)17-21-18(23)16-15(10-24-19(16)22-17)12-6-8-13(20)9-7-12/h2-10H,1H3,(H,21,22,23). The van der Waals surface area contributed by atoms with Crippen molar-refractivity contribution in [1.29, 1.82) is 0 Å². The summed E-state index contributed by atoms with van der Waals surface area (Å²) in [6.45, 7) is 1.98. The summed E-state index contributed by atoms with van der Waals surface area (Å²) in [5.74, 6) is 0.269. The number of thiophene rings is 1. The first-order valence-corrected chi connectivity index (χ1v) is 8.35. The maximum atomic E-state index is 13.1. The number of nitrogens with one attached hydrogen (secondary N) is 1. The van der Waals surface area contributed by atoms with Crippen LogP contribution in [0.3, 0.4) is 0 Å². The second kappa shape index (κ2) is 5.69. The van der Waals surface area contributed by atoms with Crippen molar-refractivity contribution in [3.05, 3.63) is 75.6 Å². The van der Waals surface area contributed by atoms with Crippen molar-refractivity contribution in [2.75, 3.05) is 0 Å². The van der Waals surface area contributed by atoms with Gasteiger partial charge in [-0.2, -0.15) is 0 Å². The molecule has 0 bridgehead atoms. The van der Waals surface area contributed by atoms with Crippen LogP contribution in [0.15, 0.2) is 58.7 Å². The highest BCUT2D eigenvalue weighted by Gasteiger charge is 2.14. The molecule has 0 spiro atoms. The van der Waals surface area contributed by atoms with Gasteiger partial charge in [0.05, 0.1) is 5.39 Å². The Morgan fingerprint density at radius 2 is 1.79 bits per heavy atom. The van der Waals surface area contributed by atoms with Crippen molar-refractivity contribution in [1.82, 2.24) is 9.97 Å². The van der Waals surface area contributed by atoms with Crippen molar-refractivity contribution in [3.8, 4) is 22.5 Å². The lowest BCUT2D eigenvalue weighted by Crippen LogP contribution is -2.09. The summed E-state index contributed by atoms with van der Waals surface area (Å²) in [7, 11) is 0. The lowest BCUT2D eigenvalue weighted by molar-refractivity contribution is 0.628. The number of aromatic amines is 1. The molecule has 1 N–H and O–H groups in total. The fourth-order valence-electron chi connectivity index (χ4n) is 2.76. The molecular formula is C19H13FN2OS. The van der Waals surface area contributed by atoms with E-state index in [1.807, 2.05) is 36.6 Å². The van der Waals surface area contributed by atoms with E-state index in [4.69, 9.17) is 0 Å². The fourth-order valence-corrected chi connectivity index (χ4v) is 3.70. The number of fused-ring (bicyclic) bond motifs is 1. The molecule has 0 atom stereocenters. The first kappa shape index (κ1) is 14.8. The van der Waals surface area contributed by atoms with Crippen LogP contribution in [0, 0.1) is 12.7 Å². The highest BCUT2D eigenvalue weighted by Crippen LogP contribution is 2.32. The third-order valence-corrected chi connectivity index (χ3v) is 4.87. The summed E-state index contributed by atoms with van der Waals surface area (Å²) in [4.78, 5) is 20.8. The molecular weight excluding hydrogens is 323 g/mol. The molecule has 2 heterocycles. The van der Waals surface area contributed by atoms with Gasteiger partial charge in [0, 0.05) is 16.5 Å². The first-order chi connectivity index (χ1) is 11.6. The van der Waals surface area contributed by atoms with Crippen LogP contribution >= 0.6 is 11.3 Å². The Hall–Kier alpha value is -2.79. The molecule has 5 heteroatoms. The van der Waals surface area contributed by atoms with Crippen LogP contribution in [0.4, 0.5) is 4.39 Å². The Labute approximate surface area is 141 Å². The van der Waals surface area contributed by atoms with Crippen LogP contribution < -0.4 is 5.56 Å². The molecule has 4 aromatic rings. The molecule has 0 aliphatic heterocycles. The number of hydrogen-bond donors (Lipinski definition) is 1. The van der Waals surface area contributed by atoms with Gasteiger partial charge in [-0.25, -0.2) is 9.37 Å². The molecule has 0 aliphatic carbocycles. The quantitative estimate of drug-likeness (QED) is 0.573. The number of halogens is 1. The monoisotopic (exact) mass is 336 g/mol. The van der Waals surface area contributed by atoms with Crippen LogP contribution in [0.5, 0.6) is 0 Å².